The quantitative estimate of drug-likeness (QED) is 0.204. The Morgan fingerprint density at radius 3 is 2.78 bits per heavy atom. The van der Waals surface area contributed by atoms with Crippen LogP contribution in [0.15, 0.2) is 35.3 Å². The van der Waals surface area contributed by atoms with Gasteiger partial charge < -0.3 is 20.5 Å². The van der Waals surface area contributed by atoms with Crippen LogP contribution >= 0.6 is 24.0 Å². The highest BCUT2D eigenvalue weighted by atomic mass is 127. The molecule has 1 heterocycles. The average molecular weight is 490 g/mol. The Labute approximate surface area is 180 Å². The lowest BCUT2D eigenvalue weighted by molar-refractivity contribution is 0.0401. The Hall–Kier alpha value is -0.900. The molecule has 0 aliphatic carbocycles. The van der Waals surface area contributed by atoms with E-state index in [9.17, 15) is 0 Å². The highest BCUT2D eigenvalue weighted by molar-refractivity contribution is 14.0. The third-order valence-electron chi connectivity index (χ3n) is 4.63. The number of aliphatic imine (C=N–C) groups is 1. The summed E-state index contributed by atoms with van der Waals surface area (Å²) in [5.41, 5.74) is 7.12. The molecular weight excluding hydrogens is 455 g/mol. The minimum absolute atomic E-state index is 0. The monoisotopic (exact) mass is 490 g/mol. The molecule has 1 aromatic rings. The van der Waals surface area contributed by atoms with Gasteiger partial charge in [0.15, 0.2) is 5.96 Å². The molecule has 1 aromatic carbocycles. The maximum Gasteiger partial charge on any atom is 0.188 e. The van der Waals surface area contributed by atoms with Crippen molar-refractivity contribution in [3.05, 3.63) is 35.9 Å². The first-order chi connectivity index (χ1) is 12.8. The van der Waals surface area contributed by atoms with Crippen LogP contribution in [-0.2, 0) is 16.1 Å². The Morgan fingerprint density at radius 1 is 1.22 bits per heavy atom. The van der Waals surface area contributed by atoms with E-state index in [4.69, 9.17) is 15.2 Å². The summed E-state index contributed by atoms with van der Waals surface area (Å²) in [7, 11) is 0. The van der Waals surface area contributed by atoms with Gasteiger partial charge in [-0.3, -0.25) is 9.89 Å². The Kier molecular flexibility index (Phi) is 13.5. The van der Waals surface area contributed by atoms with Crippen molar-refractivity contribution in [3.63, 3.8) is 0 Å². The standard InChI is InChI=1S/C20H34N4O2.HI/c1-2-24-12-6-10-19(24)16-23-20(21)22-11-7-13-25-14-15-26-17-18-8-4-3-5-9-18;/h3-5,8-9,19H,2,6-7,10-17H2,1H3,(H3,21,22,23);1H. The third-order valence-corrected chi connectivity index (χ3v) is 4.63. The van der Waals surface area contributed by atoms with Gasteiger partial charge in [-0.1, -0.05) is 37.3 Å². The highest BCUT2D eigenvalue weighted by Crippen LogP contribution is 2.16. The molecule has 0 saturated carbocycles. The molecule has 3 N–H and O–H groups in total. The Bertz CT molecular complexity index is 516. The molecule has 1 saturated heterocycles. The molecule has 1 aliphatic heterocycles. The van der Waals surface area contributed by atoms with E-state index < -0.39 is 0 Å². The molecular formula is C20H35IN4O2. The molecule has 1 aliphatic rings. The van der Waals surface area contributed by atoms with Crippen molar-refractivity contribution in [2.45, 2.75) is 38.8 Å². The number of halogens is 1. The number of hydrogen-bond acceptors (Lipinski definition) is 4. The van der Waals surface area contributed by atoms with E-state index in [0.717, 1.165) is 26.1 Å². The molecule has 7 heteroatoms. The second-order valence-electron chi connectivity index (χ2n) is 6.58. The SMILES string of the molecule is CCN1CCCC1CN=C(N)NCCCOCCOCc1ccccc1.I. The van der Waals surface area contributed by atoms with Gasteiger partial charge in [-0.05, 0) is 37.9 Å². The predicted octanol–water partition coefficient (Wildman–Crippen LogP) is 2.62. The summed E-state index contributed by atoms with van der Waals surface area (Å²) in [5.74, 6) is 0.541. The molecule has 0 amide bonds. The molecule has 1 unspecified atom stereocenters. The molecule has 154 valence electrons. The van der Waals surface area contributed by atoms with Crippen LogP contribution in [-0.4, -0.2) is 62.9 Å². The number of nitrogens with zero attached hydrogens (tertiary/aromatic N) is 2. The van der Waals surface area contributed by atoms with Gasteiger partial charge in [-0.2, -0.15) is 0 Å². The van der Waals surface area contributed by atoms with Crippen LogP contribution < -0.4 is 11.1 Å². The van der Waals surface area contributed by atoms with Gasteiger partial charge in [0.25, 0.3) is 0 Å². The number of ether oxygens (including phenoxy) is 2. The van der Waals surface area contributed by atoms with Crippen molar-refractivity contribution in [1.82, 2.24) is 10.2 Å². The molecule has 0 bridgehead atoms. The van der Waals surface area contributed by atoms with E-state index in [1.54, 1.807) is 0 Å². The van der Waals surface area contributed by atoms with Crippen molar-refractivity contribution in [1.29, 1.82) is 0 Å². The predicted molar refractivity (Wildman–Crippen MR) is 122 cm³/mol. The first kappa shape index (κ1) is 24.1. The van der Waals surface area contributed by atoms with Crippen molar-refractivity contribution < 1.29 is 9.47 Å². The van der Waals surface area contributed by atoms with Gasteiger partial charge in [0.05, 0.1) is 26.4 Å². The highest BCUT2D eigenvalue weighted by Gasteiger charge is 2.22. The van der Waals surface area contributed by atoms with Crippen LogP contribution in [0.1, 0.15) is 31.7 Å². The molecule has 1 atom stereocenters. The van der Waals surface area contributed by atoms with Crippen LogP contribution in [0.2, 0.25) is 0 Å². The smallest absolute Gasteiger partial charge is 0.188 e. The number of likely N-dealkylation sites (tertiary alicyclic amines) is 1. The van der Waals surface area contributed by atoms with Crippen LogP contribution in [0.4, 0.5) is 0 Å². The number of hydrogen-bond donors (Lipinski definition) is 2. The summed E-state index contributed by atoms with van der Waals surface area (Å²) in [6.07, 6.45) is 3.40. The molecule has 27 heavy (non-hydrogen) atoms. The van der Waals surface area contributed by atoms with E-state index in [-0.39, 0.29) is 24.0 Å². The van der Waals surface area contributed by atoms with E-state index in [0.29, 0.717) is 38.4 Å². The number of guanidine groups is 1. The lowest BCUT2D eigenvalue weighted by Gasteiger charge is -2.20. The zero-order chi connectivity index (χ0) is 18.5. The van der Waals surface area contributed by atoms with Gasteiger partial charge in [-0.25, -0.2) is 0 Å². The maximum atomic E-state index is 5.93. The molecule has 6 nitrogen and oxygen atoms in total. The fraction of sp³-hybridized carbons (Fsp3) is 0.650. The summed E-state index contributed by atoms with van der Waals surface area (Å²) in [4.78, 5) is 6.95. The van der Waals surface area contributed by atoms with Crippen molar-refractivity contribution in [2.24, 2.45) is 10.7 Å². The largest absolute Gasteiger partial charge is 0.379 e. The van der Waals surface area contributed by atoms with E-state index in [1.807, 2.05) is 18.2 Å². The van der Waals surface area contributed by atoms with Crippen molar-refractivity contribution >= 4 is 29.9 Å². The lowest BCUT2D eigenvalue weighted by Crippen LogP contribution is -2.36. The second-order valence-corrected chi connectivity index (χ2v) is 6.58. The third kappa shape index (κ3) is 10.3. The summed E-state index contributed by atoms with van der Waals surface area (Å²) >= 11 is 0. The maximum absolute atomic E-state index is 5.93. The fourth-order valence-corrected chi connectivity index (χ4v) is 3.15. The number of benzene rings is 1. The summed E-state index contributed by atoms with van der Waals surface area (Å²) in [5, 5.41) is 3.16. The molecule has 0 radical (unpaired) electrons. The summed E-state index contributed by atoms with van der Waals surface area (Å²) in [6.45, 7) is 8.62. The van der Waals surface area contributed by atoms with Crippen molar-refractivity contribution in [2.75, 3.05) is 46.0 Å². The minimum atomic E-state index is 0. The van der Waals surface area contributed by atoms with Gasteiger partial charge >= 0.3 is 0 Å². The van der Waals surface area contributed by atoms with E-state index >= 15 is 0 Å². The molecule has 0 spiro atoms. The Morgan fingerprint density at radius 2 is 2.00 bits per heavy atom. The van der Waals surface area contributed by atoms with Gasteiger partial charge in [0, 0.05) is 19.2 Å². The van der Waals surface area contributed by atoms with E-state index in [1.165, 1.54) is 24.9 Å². The molecule has 2 rings (SSSR count). The average Bonchev–Trinajstić information content (AvgIpc) is 3.13. The zero-order valence-electron chi connectivity index (χ0n) is 16.4. The topological polar surface area (TPSA) is 72.1 Å². The molecule has 0 aromatic heterocycles. The zero-order valence-corrected chi connectivity index (χ0v) is 18.8. The lowest BCUT2D eigenvalue weighted by atomic mass is 10.2. The second kappa shape index (κ2) is 15.1. The molecule has 1 fully saturated rings. The van der Waals surface area contributed by atoms with Gasteiger partial charge in [0.1, 0.15) is 0 Å². The first-order valence-corrected chi connectivity index (χ1v) is 9.77. The number of nitrogens with one attached hydrogen (secondary N) is 1. The van der Waals surface area contributed by atoms with E-state index in [2.05, 4.69) is 34.3 Å². The summed E-state index contributed by atoms with van der Waals surface area (Å²) in [6, 6.07) is 10.7. The minimum Gasteiger partial charge on any atom is -0.379 e. The van der Waals surface area contributed by atoms with Crippen LogP contribution in [0.3, 0.4) is 0 Å². The van der Waals surface area contributed by atoms with Crippen molar-refractivity contribution in [3.8, 4) is 0 Å². The number of rotatable bonds is 12. The number of likely N-dealkylation sites (N-methyl/N-ethyl adjacent to an activating group) is 1. The normalized spacial score (nSPS) is 17.7. The summed E-state index contributed by atoms with van der Waals surface area (Å²) < 4.78 is 11.2. The van der Waals surface area contributed by atoms with Crippen LogP contribution in [0, 0.1) is 0 Å². The Balaban J connectivity index is 0.00000364. The number of nitrogens with two attached hydrogens (primary N) is 1. The van der Waals surface area contributed by atoms with Gasteiger partial charge in [0.2, 0.25) is 0 Å². The fourth-order valence-electron chi connectivity index (χ4n) is 3.15. The van der Waals surface area contributed by atoms with Crippen LogP contribution in [0.25, 0.3) is 0 Å². The van der Waals surface area contributed by atoms with Crippen LogP contribution in [0.5, 0.6) is 0 Å². The first-order valence-electron chi connectivity index (χ1n) is 9.77. The van der Waals surface area contributed by atoms with Gasteiger partial charge in [-0.15, -0.1) is 24.0 Å².